The first kappa shape index (κ1) is 18.1. The van der Waals surface area contributed by atoms with E-state index in [0.717, 1.165) is 0 Å². The fraction of sp³-hybridized carbons (Fsp3) is 0.900. The van der Waals surface area contributed by atoms with Crippen molar-refractivity contribution in [3.05, 3.63) is 0 Å². The highest BCUT2D eigenvalue weighted by Gasteiger charge is 2.32. The summed E-state index contributed by atoms with van der Waals surface area (Å²) in [4.78, 5) is 11.0. The van der Waals surface area contributed by atoms with E-state index in [9.17, 15) is 23.1 Å². The van der Waals surface area contributed by atoms with Gasteiger partial charge in [0, 0.05) is 13.7 Å². The Bertz CT molecular complexity index is 262. The summed E-state index contributed by atoms with van der Waals surface area (Å²) >= 11 is 0. The third-order valence-corrected chi connectivity index (χ3v) is 1.97. The van der Waals surface area contributed by atoms with E-state index in [4.69, 9.17) is 9.84 Å². The summed E-state index contributed by atoms with van der Waals surface area (Å²) in [6, 6.07) is 0. The number of hydrogen-bond donors (Lipinski definition) is 2. The molecule has 0 fully saturated rings. The maximum absolute atomic E-state index is 12.2. The number of carboxylic acid groups (broad SMARTS) is 1. The molecule has 0 rings (SSSR count). The van der Waals surface area contributed by atoms with E-state index in [1.807, 2.05) is 0 Å². The minimum absolute atomic E-state index is 0.183. The van der Waals surface area contributed by atoms with Crippen LogP contribution < -0.4 is 0 Å². The number of carbonyl (C=O) groups is 1. The number of rotatable bonds is 10. The van der Waals surface area contributed by atoms with E-state index >= 15 is 0 Å². The maximum Gasteiger partial charge on any atom is 0.401 e. The number of aliphatic hydroxyl groups excluding tert-OH is 1. The van der Waals surface area contributed by atoms with Gasteiger partial charge in [-0.25, -0.2) is 0 Å². The van der Waals surface area contributed by atoms with Crippen molar-refractivity contribution in [1.82, 2.24) is 4.90 Å². The minimum Gasteiger partial charge on any atom is -0.480 e. The number of hydrogen-bond acceptors (Lipinski definition) is 5. The Balaban J connectivity index is 4.11. The molecule has 0 bridgehead atoms. The summed E-state index contributed by atoms with van der Waals surface area (Å²) in [7, 11) is 1.46. The number of ether oxygens (including phenoxy) is 2. The molecule has 6 nitrogen and oxygen atoms in total. The second-order valence-corrected chi connectivity index (χ2v) is 3.90. The Kier molecular flexibility index (Phi) is 8.65. The molecule has 1 unspecified atom stereocenters. The van der Waals surface area contributed by atoms with Crippen LogP contribution in [0.5, 0.6) is 0 Å². The molecular weight excluding hydrogens is 271 g/mol. The van der Waals surface area contributed by atoms with Gasteiger partial charge in [0.15, 0.2) is 0 Å². The molecule has 0 aliphatic heterocycles. The van der Waals surface area contributed by atoms with Gasteiger partial charge in [0.05, 0.1) is 39.0 Å². The molecule has 0 aromatic carbocycles. The van der Waals surface area contributed by atoms with Gasteiger partial charge < -0.3 is 19.7 Å². The van der Waals surface area contributed by atoms with Crippen molar-refractivity contribution in [3.8, 4) is 0 Å². The van der Waals surface area contributed by atoms with Crippen LogP contribution in [0.25, 0.3) is 0 Å². The molecule has 1 atom stereocenters. The molecule has 0 aromatic heterocycles. The predicted molar refractivity (Wildman–Crippen MR) is 58.8 cm³/mol. The number of aliphatic carboxylic acids is 1. The van der Waals surface area contributed by atoms with Gasteiger partial charge in [0.1, 0.15) is 0 Å². The molecule has 0 heterocycles. The zero-order valence-electron chi connectivity index (χ0n) is 10.5. The average Bonchev–Trinajstić information content (AvgIpc) is 2.20. The molecule has 0 aromatic rings. The largest absolute Gasteiger partial charge is 0.480 e. The third kappa shape index (κ3) is 11.9. The number of alkyl halides is 3. The Morgan fingerprint density at radius 2 is 2.00 bits per heavy atom. The molecule has 2 N–H and O–H groups in total. The second-order valence-electron chi connectivity index (χ2n) is 3.90. The van der Waals surface area contributed by atoms with Crippen molar-refractivity contribution in [3.63, 3.8) is 0 Å². The van der Waals surface area contributed by atoms with Gasteiger partial charge in [-0.1, -0.05) is 0 Å². The molecule has 19 heavy (non-hydrogen) atoms. The Morgan fingerprint density at radius 3 is 2.47 bits per heavy atom. The number of aliphatic hydroxyl groups is 1. The van der Waals surface area contributed by atoms with Crippen LogP contribution >= 0.6 is 0 Å². The summed E-state index contributed by atoms with van der Waals surface area (Å²) in [5, 5.41) is 18.0. The van der Waals surface area contributed by atoms with Crippen molar-refractivity contribution in [2.24, 2.45) is 0 Å². The first-order chi connectivity index (χ1) is 8.74. The van der Waals surface area contributed by atoms with Crippen LogP contribution in [0.4, 0.5) is 13.2 Å². The van der Waals surface area contributed by atoms with Crippen LogP contribution in [0.3, 0.4) is 0 Å². The van der Waals surface area contributed by atoms with E-state index < -0.39 is 37.9 Å². The van der Waals surface area contributed by atoms with Crippen molar-refractivity contribution < 1.29 is 37.7 Å². The van der Waals surface area contributed by atoms with Gasteiger partial charge in [-0.3, -0.25) is 9.69 Å². The lowest BCUT2D eigenvalue weighted by Gasteiger charge is -2.24. The number of carboxylic acids is 1. The lowest BCUT2D eigenvalue weighted by molar-refractivity contribution is -0.156. The second kappa shape index (κ2) is 9.08. The van der Waals surface area contributed by atoms with Gasteiger partial charge in [-0.2, -0.15) is 13.2 Å². The Morgan fingerprint density at radius 1 is 1.37 bits per heavy atom. The Labute approximate surface area is 108 Å². The average molecular weight is 289 g/mol. The van der Waals surface area contributed by atoms with Crippen molar-refractivity contribution in [2.45, 2.75) is 12.3 Å². The van der Waals surface area contributed by atoms with E-state index in [1.165, 1.54) is 7.11 Å². The maximum atomic E-state index is 12.2. The van der Waals surface area contributed by atoms with Crippen LogP contribution in [-0.4, -0.2) is 79.9 Å². The number of methoxy groups -OCH3 is 1. The summed E-state index contributed by atoms with van der Waals surface area (Å²) in [6.45, 7) is -2.31. The topological polar surface area (TPSA) is 79.2 Å². The van der Waals surface area contributed by atoms with E-state index in [-0.39, 0.29) is 13.2 Å². The van der Waals surface area contributed by atoms with Crippen LogP contribution in [0.1, 0.15) is 0 Å². The van der Waals surface area contributed by atoms with Crippen LogP contribution in [0.2, 0.25) is 0 Å². The highest BCUT2D eigenvalue weighted by molar-refractivity contribution is 5.69. The molecular formula is C10H18F3NO5. The Hall–Kier alpha value is -0.900. The highest BCUT2D eigenvalue weighted by atomic mass is 19.4. The summed E-state index contributed by atoms with van der Waals surface area (Å²) in [6.07, 6.45) is -5.72. The molecule has 0 aliphatic carbocycles. The zero-order chi connectivity index (χ0) is 14.9. The van der Waals surface area contributed by atoms with Gasteiger partial charge >= 0.3 is 12.1 Å². The zero-order valence-corrected chi connectivity index (χ0v) is 10.5. The van der Waals surface area contributed by atoms with Gasteiger partial charge in [0.2, 0.25) is 0 Å². The molecule has 0 amide bonds. The van der Waals surface area contributed by atoms with Gasteiger partial charge in [0.25, 0.3) is 0 Å². The van der Waals surface area contributed by atoms with Crippen LogP contribution in [-0.2, 0) is 14.3 Å². The molecule has 0 saturated carbocycles. The minimum atomic E-state index is -4.52. The normalized spacial score (nSPS) is 13.8. The lowest BCUT2D eigenvalue weighted by Crippen LogP contribution is -2.43. The quantitative estimate of drug-likeness (QED) is 0.549. The number of nitrogens with zero attached hydrogens (tertiary/aromatic N) is 1. The SMILES string of the molecule is COCCOCC(O)CN(CC(=O)O)CC(F)(F)F. The van der Waals surface area contributed by atoms with Crippen molar-refractivity contribution in [1.29, 1.82) is 0 Å². The summed E-state index contributed by atoms with van der Waals surface area (Å²) < 4.78 is 46.2. The standard InChI is InChI=1S/C10H18F3NO5/c1-18-2-3-19-6-8(15)4-14(5-9(16)17)7-10(11,12)13/h8,15H,2-7H2,1H3,(H,16,17). The molecule has 0 aliphatic rings. The molecule has 0 spiro atoms. The summed E-state index contributed by atoms with van der Waals surface area (Å²) in [5.74, 6) is -1.39. The van der Waals surface area contributed by atoms with Gasteiger partial charge in [-0.05, 0) is 0 Å². The van der Waals surface area contributed by atoms with Crippen molar-refractivity contribution >= 4 is 5.97 Å². The van der Waals surface area contributed by atoms with Gasteiger partial charge in [-0.15, -0.1) is 0 Å². The molecule has 0 radical (unpaired) electrons. The fourth-order valence-corrected chi connectivity index (χ4v) is 1.34. The van der Waals surface area contributed by atoms with E-state index in [2.05, 4.69) is 4.74 Å². The van der Waals surface area contributed by atoms with Crippen LogP contribution in [0, 0.1) is 0 Å². The fourth-order valence-electron chi connectivity index (χ4n) is 1.34. The molecule has 0 saturated heterocycles. The lowest BCUT2D eigenvalue weighted by atomic mass is 10.3. The molecule has 114 valence electrons. The monoisotopic (exact) mass is 289 g/mol. The molecule has 9 heteroatoms. The summed E-state index contributed by atoms with van der Waals surface area (Å²) in [5.41, 5.74) is 0. The predicted octanol–water partition coefficient (Wildman–Crippen LogP) is -0.0408. The van der Waals surface area contributed by atoms with Crippen LogP contribution in [0.15, 0.2) is 0 Å². The smallest absolute Gasteiger partial charge is 0.401 e. The highest BCUT2D eigenvalue weighted by Crippen LogP contribution is 2.16. The van der Waals surface area contributed by atoms with Crippen molar-refractivity contribution in [2.75, 3.05) is 46.6 Å². The first-order valence-electron chi connectivity index (χ1n) is 5.50. The third-order valence-electron chi connectivity index (χ3n) is 1.97. The number of halogens is 3. The van der Waals surface area contributed by atoms with E-state index in [0.29, 0.717) is 11.5 Å². The first-order valence-corrected chi connectivity index (χ1v) is 5.50. The van der Waals surface area contributed by atoms with E-state index in [1.54, 1.807) is 0 Å².